The summed E-state index contributed by atoms with van der Waals surface area (Å²) in [7, 11) is 1.77. The SMILES string of the molecule is COCCCCn1cc(CNCC(C)C)c2ccccc21. The fraction of sp³-hybridized carbons (Fsp3) is 0.556. The minimum Gasteiger partial charge on any atom is -0.385 e. The number of ether oxygens (including phenoxy) is 1. The van der Waals surface area contributed by atoms with E-state index < -0.39 is 0 Å². The lowest BCUT2D eigenvalue weighted by Crippen LogP contribution is -2.18. The third-order valence-electron chi connectivity index (χ3n) is 3.74. The Morgan fingerprint density at radius 2 is 2.00 bits per heavy atom. The van der Waals surface area contributed by atoms with Gasteiger partial charge in [-0.15, -0.1) is 0 Å². The van der Waals surface area contributed by atoms with Crippen LogP contribution in [0, 0.1) is 5.92 Å². The minimum atomic E-state index is 0.687. The highest BCUT2D eigenvalue weighted by atomic mass is 16.5. The van der Waals surface area contributed by atoms with Crippen molar-refractivity contribution in [3.8, 4) is 0 Å². The zero-order valence-electron chi connectivity index (χ0n) is 13.6. The van der Waals surface area contributed by atoms with Crippen LogP contribution in [0.4, 0.5) is 0 Å². The Labute approximate surface area is 128 Å². The maximum Gasteiger partial charge on any atom is 0.0483 e. The van der Waals surface area contributed by atoms with Gasteiger partial charge in [-0.25, -0.2) is 0 Å². The smallest absolute Gasteiger partial charge is 0.0483 e. The van der Waals surface area contributed by atoms with Crippen molar-refractivity contribution in [2.75, 3.05) is 20.3 Å². The third-order valence-corrected chi connectivity index (χ3v) is 3.74. The first-order chi connectivity index (χ1) is 10.2. The molecule has 21 heavy (non-hydrogen) atoms. The first-order valence-corrected chi connectivity index (χ1v) is 7.98. The van der Waals surface area contributed by atoms with E-state index in [9.17, 15) is 0 Å². The summed E-state index contributed by atoms with van der Waals surface area (Å²) in [6, 6.07) is 8.70. The molecule has 0 bridgehead atoms. The van der Waals surface area contributed by atoms with Crippen LogP contribution < -0.4 is 5.32 Å². The second-order valence-electron chi connectivity index (χ2n) is 6.09. The molecule has 0 amide bonds. The lowest BCUT2D eigenvalue weighted by atomic mass is 10.1. The number of nitrogens with zero attached hydrogens (tertiary/aromatic N) is 1. The van der Waals surface area contributed by atoms with Crippen LogP contribution in [-0.4, -0.2) is 24.8 Å². The van der Waals surface area contributed by atoms with Crippen LogP contribution in [0.25, 0.3) is 10.9 Å². The maximum absolute atomic E-state index is 5.13. The van der Waals surface area contributed by atoms with E-state index in [-0.39, 0.29) is 0 Å². The van der Waals surface area contributed by atoms with Gasteiger partial charge in [0, 0.05) is 43.9 Å². The predicted octanol–water partition coefficient (Wildman–Crippen LogP) is 3.81. The van der Waals surface area contributed by atoms with E-state index in [0.29, 0.717) is 5.92 Å². The number of fused-ring (bicyclic) bond motifs is 1. The zero-order valence-corrected chi connectivity index (χ0v) is 13.6. The highest BCUT2D eigenvalue weighted by Crippen LogP contribution is 2.21. The highest BCUT2D eigenvalue weighted by molar-refractivity contribution is 5.83. The Kier molecular flexibility index (Phi) is 6.27. The van der Waals surface area contributed by atoms with Gasteiger partial charge in [0.2, 0.25) is 0 Å². The summed E-state index contributed by atoms with van der Waals surface area (Å²) in [5, 5.41) is 4.93. The van der Waals surface area contributed by atoms with Crippen molar-refractivity contribution in [3.63, 3.8) is 0 Å². The number of aryl methyl sites for hydroxylation is 1. The molecule has 0 saturated carbocycles. The number of unbranched alkanes of at least 4 members (excludes halogenated alkanes) is 1. The van der Waals surface area contributed by atoms with Crippen molar-refractivity contribution in [2.45, 2.75) is 39.8 Å². The molecule has 1 N–H and O–H groups in total. The maximum atomic E-state index is 5.13. The molecule has 116 valence electrons. The summed E-state index contributed by atoms with van der Waals surface area (Å²) in [6.45, 7) is 8.41. The normalized spacial score (nSPS) is 11.6. The van der Waals surface area contributed by atoms with Crippen LogP contribution in [0.5, 0.6) is 0 Å². The first kappa shape index (κ1) is 16.1. The number of aromatic nitrogens is 1. The Bertz CT molecular complexity index is 545. The number of rotatable bonds is 9. The summed E-state index contributed by atoms with van der Waals surface area (Å²) in [5.74, 6) is 0.687. The van der Waals surface area contributed by atoms with Crippen LogP contribution in [0.15, 0.2) is 30.5 Å². The molecule has 0 spiro atoms. The summed E-state index contributed by atoms with van der Waals surface area (Å²) >= 11 is 0. The van der Waals surface area contributed by atoms with E-state index in [1.54, 1.807) is 7.11 Å². The molecule has 1 heterocycles. The molecule has 0 aliphatic rings. The topological polar surface area (TPSA) is 26.2 Å². The second-order valence-corrected chi connectivity index (χ2v) is 6.09. The predicted molar refractivity (Wildman–Crippen MR) is 89.6 cm³/mol. The average Bonchev–Trinajstić information content (AvgIpc) is 2.82. The Hall–Kier alpha value is -1.32. The number of nitrogens with one attached hydrogen (secondary N) is 1. The van der Waals surface area contributed by atoms with Gasteiger partial charge in [0.05, 0.1) is 0 Å². The lowest BCUT2D eigenvalue weighted by molar-refractivity contribution is 0.191. The van der Waals surface area contributed by atoms with Gasteiger partial charge in [0.1, 0.15) is 0 Å². The van der Waals surface area contributed by atoms with Gasteiger partial charge in [0.15, 0.2) is 0 Å². The minimum absolute atomic E-state index is 0.687. The Morgan fingerprint density at radius 3 is 2.76 bits per heavy atom. The van der Waals surface area contributed by atoms with Gasteiger partial charge < -0.3 is 14.6 Å². The number of para-hydroxylation sites is 1. The Morgan fingerprint density at radius 1 is 1.19 bits per heavy atom. The fourth-order valence-corrected chi connectivity index (χ4v) is 2.67. The molecule has 1 aromatic heterocycles. The van der Waals surface area contributed by atoms with Gasteiger partial charge in [0.25, 0.3) is 0 Å². The largest absolute Gasteiger partial charge is 0.385 e. The molecule has 0 radical (unpaired) electrons. The monoisotopic (exact) mass is 288 g/mol. The molecular formula is C18H28N2O. The van der Waals surface area contributed by atoms with Gasteiger partial charge in [-0.2, -0.15) is 0 Å². The Balaban J connectivity index is 2.06. The van der Waals surface area contributed by atoms with Crippen LogP contribution in [0.2, 0.25) is 0 Å². The molecular weight excluding hydrogens is 260 g/mol. The van der Waals surface area contributed by atoms with Crippen molar-refractivity contribution in [1.29, 1.82) is 0 Å². The molecule has 3 heteroatoms. The molecule has 0 aliphatic carbocycles. The van der Waals surface area contributed by atoms with E-state index in [1.165, 1.54) is 16.5 Å². The van der Waals surface area contributed by atoms with Crippen molar-refractivity contribution in [1.82, 2.24) is 9.88 Å². The van der Waals surface area contributed by atoms with Crippen molar-refractivity contribution in [2.24, 2.45) is 5.92 Å². The molecule has 0 fully saturated rings. The van der Waals surface area contributed by atoms with Gasteiger partial charge in [-0.3, -0.25) is 0 Å². The molecule has 0 atom stereocenters. The third kappa shape index (κ3) is 4.58. The van der Waals surface area contributed by atoms with E-state index in [4.69, 9.17) is 4.74 Å². The summed E-state index contributed by atoms with van der Waals surface area (Å²) < 4.78 is 7.51. The number of benzene rings is 1. The molecule has 0 saturated heterocycles. The van der Waals surface area contributed by atoms with Gasteiger partial charge in [-0.1, -0.05) is 32.0 Å². The van der Waals surface area contributed by atoms with Crippen LogP contribution in [0.1, 0.15) is 32.3 Å². The van der Waals surface area contributed by atoms with Crippen molar-refractivity contribution < 1.29 is 4.74 Å². The second kappa shape index (κ2) is 8.20. The van der Waals surface area contributed by atoms with E-state index in [2.05, 4.69) is 54.2 Å². The molecule has 0 unspecified atom stereocenters. The van der Waals surface area contributed by atoms with Crippen molar-refractivity contribution in [3.05, 3.63) is 36.0 Å². The molecule has 1 aromatic carbocycles. The lowest BCUT2D eigenvalue weighted by Gasteiger charge is -2.06. The summed E-state index contributed by atoms with van der Waals surface area (Å²) in [5.41, 5.74) is 2.74. The molecule has 3 nitrogen and oxygen atoms in total. The van der Waals surface area contributed by atoms with Crippen LogP contribution >= 0.6 is 0 Å². The summed E-state index contributed by atoms with van der Waals surface area (Å²) in [4.78, 5) is 0. The average molecular weight is 288 g/mol. The summed E-state index contributed by atoms with van der Waals surface area (Å²) in [6.07, 6.45) is 4.58. The zero-order chi connectivity index (χ0) is 15.1. The van der Waals surface area contributed by atoms with E-state index in [0.717, 1.165) is 39.1 Å². The highest BCUT2D eigenvalue weighted by Gasteiger charge is 2.07. The standard InChI is InChI=1S/C18H28N2O/c1-15(2)12-19-13-16-14-20(10-6-7-11-21-3)18-9-5-4-8-17(16)18/h4-5,8-9,14-15,19H,6-7,10-13H2,1-3H3. The van der Waals surface area contributed by atoms with Gasteiger partial charge in [-0.05, 0) is 36.9 Å². The fourth-order valence-electron chi connectivity index (χ4n) is 2.67. The quantitative estimate of drug-likeness (QED) is 0.710. The van der Waals surface area contributed by atoms with Crippen LogP contribution in [0.3, 0.4) is 0 Å². The number of hydrogen-bond donors (Lipinski definition) is 1. The molecule has 2 aromatic rings. The van der Waals surface area contributed by atoms with Gasteiger partial charge >= 0.3 is 0 Å². The van der Waals surface area contributed by atoms with Crippen LogP contribution in [-0.2, 0) is 17.8 Å². The number of methoxy groups -OCH3 is 1. The van der Waals surface area contributed by atoms with Crippen molar-refractivity contribution >= 4 is 10.9 Å². The molecule has 0 aliphatic heterocycles. The van der Waals surface area contributed by atoms with E-state index in [1.807, 2.05) is 0 Å². The number of hydrogen-bond acceptors (Lipinski definition) is 2. The first-order valence-electron chi connectivity index (χ1n) is 7.98. The van der Waals surface area contributed by atoms with E-state index >= 15 is 0 Å². The molecule has 2 rings (SSSR count).